The van der Waals surface area contributed by atoms with E-state index in [-0.39, 0.29) is 5.60 Å². The van der Waals surface area contributed by atoms with Crippen LogP contribution in [0.4, 0.5) is 5.69 Å². The van der Waals surface area contributed by atoms with Crippen molar-refractivity contribution >= 4 is 17.0 Å². The maximum absolute atomic E-state index is 6.31. The minimum atomic E-state index is -0.142. The molecule has 2 aromatic rings. The highest BCUT2D eigenvalue weighted by molar-refractivity contribution is 7.09. The van der Waals surface area contributed by atoms with Gasteiger partial charge in [-0.1, -0.05) is 24.3 Å². The van der Waals surface area contributed by atoms with Gasteiger partial charge in [-0.2, -0.15) is 0 Å². The molecule has 3 heterocycles. The maximum Gasteiger partial charge on any atom is 0.104 e. The Morgan fingerprint density at radius 2 is 2.12 bits per heavy atom. The lowest BCUT2D eigenvalue weighted by Gasteiger charge is -2.31. The third kappa shape index (κ3) is 4.42. The number of rotatable bonds is 5. The number of thiophene rings is 1. The van der Waals surface area contributed by atoms with Crippen molar-refractivity contribution in [2.45, 2.75) is 18.6 Å². The van der Waals surface area contributed by atoms with E-state index >= 15 is 0 Å². The molecule has 0 amide bonds. The molecule has 0 bridgehead atoms. The second-order valence-corrected chi connectivity index (χ2v) is 8.19. The van der Waals surface area contributed by atoms with Crippen LogP contribution in [0.25, 0.3) is 0 Å². The van der Waals surface area contributed by atoms with E-state index in [2.05, 4.69) is 52.0 Å². The third-order valence-corrected chi connectivity index (χ3v) is 5.90. The van der Waals surface area contributed by atoms with Gasteiger partial charge in [0.1, 0.15) is 5.60 Å². The monoisotopic (exact) mass is 358 g/mol. The molecule has 1 N–H and O–H groups in total. The number of nitrogens with one attached hydrogen (secondary N) is 1. The zero-order valence-corrected chi connectivity index (χ0v) is 15.3. The van der Waals surface area contributed by atoms with Gasteiger partial charge in [-0.3, -0.25) is 4.90 Å². The van der Waals surface area contributed by atoms with Crippen molar-refractivity contribution in [3.8, 4) is 0 Å². The van der Waals surface area contributed by atoms with Crippen molar-refractivity contribution < 1.29 is 9.47 Å². The van der Waals surface area contributed by atoms with Crippen molar-refractivity contribution in [2.24, 2.45) is 5.92 Å². The fraction of sp³-hybridized carbons (Fsp3) is 0.500. The molecular formula is C20H26N2O2S. The van der Waals surface area contributed by atoms with Gasteiger partial charge in [0.2, 0.25) is 0 Å². The smallest absolute Gasteiger partial charge is 0.104 e. The summed E-state index contributed by atoms with van der Waals surface area (Å²) in [6.45, 7) is 6.23. The SMILES string of the molecule is c1ccc(NC[C@H]2CO[C@]3(COCCN(Cc4cccs4)C3)C2)cc1. The fourth-order valence-electron chi connectivity index (χ4n) is 3.84. The first-order valence-electron chi connectivity index (χ1n) is 9.07. The number of para-hydroxylation sites is 1. The largest absolute Gasteiger partial charge is 0.385 e. The fourth-order valence-corrected chi connectivity index (χ4v) is 4.59. The van der Waals surface area contributed by atoms with E-state index in [1.807, 2.05) is 17.4 Å². The number of ether oxygens (including phenoxy) is 2. The van der Waals surface area contributed by atoms with Crippen LogP contribution in [0.3, 0.4) is 0 Å². The highest BCUT2D eigenvalue weighted by Crippen LogP contribution is 2.33. The van der Waals surface area contributed by atoms with E-state index in [0.717, 1.165) is 52.4 Å². The molecule has 2 aliphatic rings. The molecule has 4 nitrogen and oxygen atoms in total. The summed E-state index contributed by atoms with van der Waals surface area (Å²) in [5, 5.41) is 5.69. The third-order valence-electron chi connectivity index (χ3n) is 5.04. The van der Waals surface area contributed by atoms with Crippen LogP contribution >= 0.6 is 11.3 Å². The van der Waals surface area contributed by atoms with Gasteiger partial charge in [0.15, 0.2) is 0 Å². The molecular weight excluding hydrogens is 332 g/mol. The first kappa shape index (κ1) is 17.0. The molecule has 1 aromatic heterocycles. The zero-order chi connectivity index (χ0) is 17.0. The quantitative estimate of drug-likeness (QED) is 0.887. The van der Waals surface area contributed by atoms with E-state index in [1.54, 1.807) is 0 Å². The van der Waals surface area contributed by atoms with Gasteiger partial charge in [0.25, 0.3) is 0 Å². The van der Waals surface area contributed by atoms with Gasteiger partial charge in [0, 0.05) is 42.7 Å². The van der Waals surface area contributed by atoms with E-state index in [4.69, 9.17) is 9.47 Å². The molecule has 0 aliphatic carbocycles. The molecule has 0 saturated carbocycles. The Labute approximate surface area is 153 Å². The Hall–Kier alpha value is -1.40. The molecule has 134 valence electrons. The molecule has 1 aromatic carbocycles. The van der Waals surface area contributed by atoms with E-state index in [1.165, 1.54) is 10.6 Å². The molecule has 5 heteroatoms. The number of benzene rings is 1. The Morgan fingerprint density at radius 1 is 1.20 bits per heavy atom. The zero-order valence-electron chi connectivity index (χ0n) is 14.5. The van der Waals surface area contributed by atoms with Gasteiger partial charge < -0.3 is 14.8 Å². The van der Waals surface area contributed by atoms with Gasteiger partial charge in [-0.25, -0.2) is 0 Å². The summed E-state index contributed by atoms with van der Waals surface area (Å²) < 4.78 is 12.2. The van der Waals surface area contributed by atoms with Crippen LogP contribution in [0.1, 0.15) is 11.3 Å². The molecule has 1 spiro atoms. The predicted molar refractivity (Wildman–Crippen MR) is 102 cm³/mol. The summed E-state index contributed by atoms with van der Waals surface area (Å²) in [4.78, 5) is 3.91. The van der Waals surface area contributed by atoms with Gasteiger partial charge in [-0.05, 0) is 30.0 Å². The first-order chi connectivity index (χ1) is 12.3. The van der Waals surface area contributed by atoms with Crippen LogP contribution in [0.5, 0.6) is 0 Å². The standard InChI is InChI=1S/C20H26N2O2S/c1-2-5-18(6-3-1)21-12-17-11-20(24-14-17)15-22(8-9-23-16-20)13-19-7-4-10-25-19/h1-7,10,17,21H,8-9,11-16H2/t17-,20+/m0/s1. The number of anilines is 1. The Bertz CT molecular complexity index is 649. The van der Waals surface area contributed by atoms with Crippen molar-refractivity contribution in [3.63, 3.8) is 0 Å². The summed E-state index contributed by atoms with van der Waals surface area (Å²) in [6.07, 6.45) is 1.06. The molecule has 4 rings (SSSR count). The summed E-state index contributed by atoms with van der Waals surface area (Å²) in [7, 11) is 0. The molecule has 2 saturated heterocycles. The molecule has 0 unspecified atom stereocenters. The van der Waals surface area contributed by atoms with Crippen LogP contribution in [0.15, 0.2) is 47.8 Å². The molecule has 2 atom stereocenters. The summed E-state index contributed by atoms with van der Waals surface area (Å²) in [5.74, 6) is 0.533. The maximum atomic E-state index is 6.31. The van der Waals surface area contributed by atoms with Gasteiger partial charge in [-0.15, -0.1) is 11.3 Å². The van der Waals surface area contributed by atoms with Crippen LogP contribution in [-0.4, -0.2) is 50.0 Å². The summed E-state index contributed by atoms with van der Waals surface area (Å²) in [5.41, 5.74) is 1.04. The number of hydrogen-bond donors (Lipinski definition) is 1. The van der Waals surface area contributed by atoms with Crippen molar-refractivity contribution in [3.05, 3.63) is 52.7 Å². The van der Waals surface area contributed by atoms with Crippen LogP contribution in [0, 0.1) is 5.92 Å². The summed E-state index contributed by atoms with van der Waals surface area (Å²) in [6, 6.07) is 14.7. The minimum absolute atomic E-state index is 0.142. The molecule has 2 aliphatic heterocycles. The van der Waals surface area contributed by atoms with Crippen LogP contribution in [0.2, 0.25) is 0 Å². The Kier molecular flexibility index (Phi) is 5.36. The Balaban J connectivity index is 1.34. The van der Waals surface area contributed by atoms with Crippen LogP contribution < -0.4 is 5.32 Å². The van der Waals surface area contributed by atoms with Crippen molar-refractivity contribution in [2.75, 3.05) is 44.8 Å². The normalized spacial score (nSPS) is 27.4. The lowest BCUT2D eigenvalue weighted by atomic mass is 9.94. The predicted octanol–water partition coefficient (Wildman–Crippen LogP) is 3.47. The molecule has 2 fully saturated rings. The van der Waals surface area contributed by atoms with Crippen molar-refractivity contribution in [1.82, 2.24) is 4.90 Å². The van der Waals surface area contributed by atoms with Gasteiger partial charge >= 0.3 is 0 Å². The summed E-state index contributed by atoms with van der Waals surface area (Å²) >= 11 is 1.83. The second-order valence-electron chi connectivity index (χ2n) is 7.15. The lowest BCUT2D eigenvalue weighted by Crippen LogP contribution is -2.43. The van der Waals surface area contributed by atoms with Gasteiger partial charge in [0.05, 0.1) is 19.8 Å². The average Bonchev–Trinajstić information content (AvgIpc) is 3.23. The van der Waals surface area contributed by atoms with E-state index in [9.17, 15) is 0 Å². The van der Waals surface area contributed by atoms with Crippen LogP contribution in [-0.2, 0) is 16.0 Å². The molecule has 0 radical (unpaired) electrons. The topological polar surface area (TPSA) is 33.7 Å². The minimum Gasteiger partial charge on any atom is -0.385 e. The van der Waals surface area contributed by atoms with Crippen molar-refractivity contribution in [1.29, 1.82) is 0 Å². The second kappa shape index (κ2) is 7.87. The Morgan fingerprint density at radius 3 is 2.96 bits per heavy atom. The van der Waals surface area contributed by atoms with E-state index in [0.29, 0.717) is 5.92 Å². The van der Waals surface area contributed by atoms with E-state index < -0.39 is 0 Å². The lowest BCUT2D eigenvalue weighted by molar-refractivity contribution is -0.0561. The highest BCUT2D eigenvalue weighted by Gasteiger charge is 2.43. The number of nitrogens with zero attached hydrogens (tertiary/aromatic N) is 1. The highest BCUT2D eigenvalue weighted by atomic mass is 32.1. The average molecular weight is 359 g/mol. The first-order valence-corrected chi connectivity index (χ1v) is 9.95. The number of hydrogen-bond acceptors (Lipinski definition) is 5. The molecule has 25 heavy (non-hydrogen) atoms.